The number of rotatable bonds is 4. The highest BCUT2D eigenvalue weighted by molar-refractivity contribution is 6.30. The number of ketones is 1. The van der Waals surface area contributed by atoms with E-state index in [9.17, 15) is 4.79 Å². The molecule has 0 atom stereocenters. The van der Waals surface area contributed by atoms with Crippen molar-refractivity contribution in [2.75, 3.05) is 32.8 Å². The maximum atomic E-state index is 11.8. The second kappa shape index (κ2) is 6.69. The van der Waals surface area contributed by atoms with E-state index in [1.165, 1.54) is 0 Å². The normalized spacial score (nSPS) is 17.2. The number of benzene rings is 1. The molecule has 1 saturated heterocycles. The van der Waals surface area contributed by atoms with Gasteiger partial charge < -0.3 is 4.74 Å². The van der Waals surface area contributed by atoms with E-state index in [0.717, 1.165) is 32.8 Å². The van der Waals surface area contributed by atoms with Crippen molar-refractivity contribution in [3.05, 3.63) is 47.0 Å². The summed E-state index contributed by atoms with van der Waals surface area (Å²) in [7, 11) is 0. The lowest BCUT2D eigenvalue weighted by Gasteiger charge is -2.24. The van der Waals surface area contributed by atoms with Crippen LogP contribution in [0.2, 0.25) is 5.02 Å². The van der Waals surface area contributed by atoms with Crippen LogP contribution in [0.1, 0.15) is 10.4 Å². The average molecular weight is 266 g/mol. The first-order valence-corrected chi connectivity index (χ1v) is 6.40. The van der Waals surface area contributed by atoms with Gasteiger partial charge >= 0.3 is 0 Å². The summed E-state index contributed by atoms with van der Waals surface area (Å²) in [4.78, 5) is 14.1. The Bertz CT molecular complexity index is 422. The van der Waals surface area contributed by atoms with E-state index >= 15 is 0 Å². The third-order valence-corrected chi connectivity index (χ3v) is 3.12. The first-order valence-electron chi connectivity index (χ1n) is 6.02. The number of nitrogens with zero attached hydrogens (tertiary/aromatic N) is 1. The molecule has 1 fully saturated rings. The molecule has 0 radical (unpaired) electrons. The molecule has 0 N–H and O–H groups in total. The fraction of sp³-hybridized carbons (Fsp3) is 0.357. The Hall–Kier alpha value is -1.16. The zero-order valence-electron chi connectivity index (χ0n) is 10.1. The zero-order valence-corrected chi connectivity index (χ0v) is 10.9. The fourth-order valence-electron chi connectivity index (χ4n) is 1.80. The predicted octanol–water partition coefficient (Wildman–Crippen LogP) is 2.41. The van der Waals surface area contributed by atoms with Crippen LogP contribution in [0.5, 0.6) is 0 Å². The first-order chi connectivity index (χ1) is 8.75. The standard InChI is InChI=1S/C14H16ClNO2/c15-13-5-3-12(4-6-13)14(17)2-1-7-16-8-10-18-11-9-16/h1-6H,7-11H2. The fourth-order valence-corrected chi connectivity index (χ4v) is 1.93. The molecule has 0 unspecified atom stereocenters. The molecule has 1 aliphatic rings. The second-order valence-electron chi connectivity index (χ2n) is 4.19. The maximum Gasteiger partial charge on any atom is 0.185 e. The Morgan fingerprint density at radius 3 is 2.61 bits per heavy atom. The van der Waals surface area contributed by atoms with Gasteiger partial charge in [0, 0.05) is 30.2 Å². The molecule has 0 amide bonds. The van der Waals surface area contributed by atoms with Crippen molar-refractivity contribution < 1.29 is 9.53 Å². The number of carbonyl (C=O) groups excluding carboxylic acids is 1. The minimum atomic E-state index is 0.0138. The first kappa shape index (κ1) is 13.3. The molecule has 0 saturated carbocycles. The Balaban J connectivity index is 1.84. The molecule has 3 nitrogen and oxygen atoms in total. The third-order valence-electron chi connectivity index (χ3n) is 2.87. The molecule has 96 valence electrons. The van der Waals surface area contributed by atoms with Gasteiger partial charge in [0.05, 0.1) is 13.2 Å². The molecule has 1 heterocycles. The Morgan fingerprint density at radius 2 is 1.94 bits per heavy atom. The smallest absolute Gasteiger partial charge is 0.185 e. The summed E-state index contributed by atoms with van der Waals surface area (Å²) >= 11 is 5.77. The number of carbonyl (C=O) groups is 1. The summed E-state index contributed by atoms with van der Waals surface area (Å²) in [6.45, 7) is 4.21. The molecule has 18 heavy (non-hydrogen) atoms. The molecule has 0 aliphatic carbocycles. The van der Waals surface area contributed by atoms with Crippen molar-refractivity contribution >= 4 is 17.4 Å². The number of halogens is 1. The van der Waals surface area contributed by atoms with Crippen LogP contribution >= 0.6 is 11.6 Å². The van der Waals surface area contributed by atoms with Gasteiger partial charge in [-0.2, -0.15) is 0 Å². The quantitative estimate of drug-likeness (QED) is 0.619. The van der Waals surface area contributed by atoms with E-state index in [-0.39, 0.29) is 5.78 Å². The van der Waals surface area contributed by atoms with Gasteiger partial charge in [0.25, 0.3) is 0 Å². The molecular formula is C14H16ClNO2. The zero-order chi connectivity index (χ0) is 12.8. The summed E-state index contributed by atoms with van der Waals surface area (Å²) in [5.74, 6) is 0.0138. The molecule has 1 aliphatic heterocycles. The lowest BCUT2D eigenvalue weighted by Crippen LogP contribution is -2.36. The lowest BCUT2D eigenvalue weighted by atomic mass is 10.1. The minimum absolute atomic E-state index is 0.0138. The third kappa shape index (κ3) is 3.95. The highest BCUT2D eigenvalue weighted by atomic mass is 35.5. The summed E-state index contributed by atoms with van der Waals surface area (Å²) in [5, 5.41) is 0.642. The van der Waals surface area contributed by atoms with Crippen LogP contribution in [-0.2, 0) is 4.74 Å². The van der Waals surface area contributed by atoms with Gasteiger partial charge in [0.1, 0.15) is 0 Å². The number of allylic oxidation sites excluding steroid dienone is 1. The van der Waals surface area contributed by atoms with Crippen LogP contribution in [0.4, 0.5) is 0 Å². The molecule has 0 spiro atoms. The lowest BCUT2D eigenvalue weighted by molar-refractivity contribution is 0.0434. The van der Waals surface area contributed by atoms with Gasteiger partial charge in [0.15, 0.2) is 5.78 Å². The van der Waals surface area contributed by atoms with E-state index in [2.05, 4.69) is 4.90 Å². The summed E-state index contributed by atoms with van der Waals surface area (Å²) in [6.07, 6.45) is 3.53. The van der Waals surface area contributed by atoms with Crippen LogP contribution in [0.25, 0.3) is 0 Å². The Labute approximate surface area is 112 Å². The van der Waals surface area contributed by atoms with Gasteiger partial charge in [-0.05, 0) is 30.3 Å². The number of ether oxygens (including phenoxy) is 1. The summed E-state index contributed by atoms with van der Waals surface area (Å²) in [6, 6.07) is 6.93. The monoisotopic (exact) mass is 265 g/mol. The van der Waals surface area contributed by atoms with Gasteiger partial charge in [-0.15, -0.1) is 0 Å². The van der Waals surface area contributed by atoms with Gasteiger partial charge in [-0.1, -0.05) is 17.7 Å². The SMILES string of the molecule is O=C(C=CCN1CCOCC1)c1ccc(Cl)cc1. The van der Waals surface area contributed by atoms with Crippen molar-refractivity contribution in [2.45, 2.75) is 0 Å². The van der Waals surface area contributed by atoms with Crippen molar-refractivity contribution in [1.29, 1.82) is 0 Å². The van der Waals surface area contributed by atoms with E-state index in [1.54, 1.807) is 30.3 Å². The Morgan fingerprint density at radius 1 is 1.28 bits per heavy atom. The van der Waals surface area contributed by atoms with E-state index in [4.69, 9.17) is 16.3 Å². The number of morpholine rings is 1. The molecular weight excluding hydrogens is 250 g/mol. The van der Waals surface area contributed by atoms with Gasteiger partial charge in [-0.3, -0.25) is 9.69 Å². The molecule has 1 aromatic carbocycles. The highest BCUT2D eigenvalue weighted by Gasteiger charge is 2.08. The van der Waals surface area contributed by atoms with Crippen LogP contribution in [0, 0.1) is 0 Å². The second-order valence-corrected chi connectivity index (χ2v) is 4.62. The van der Waals surface area contributed by atoms with Crippen molar-refractivity contribution in [3.63, 3.8) is 0 Å². The largest absolute Gasteiger partial charge is 0.379 e. The molecule has 0 bridgehead atoms. The Kier molecular flexibility index (Phi) is 4.93. The van der Waals surface area contributed by atoms with Crippen molar-refractivity contribution in [1.82, 2.24) is 4.90 Å². The van der Waals surface area contributed by atoms with E-state index in [1.807, 2.05) is 6.08 Å². The van der Waals surface area contributed by atoms with Crippen molar-refractivity contribution in [3.8, 4) is 0 Å². The van der Waals surface area contributed by atoms with E-state index < -0.39 is 0 Å². The van der Waals surface area contributed by atoms with Gasteiger partial charge in [-0.25, -0.2) is 0 Å². The van der Waals surface area contributed by atoms with Crippen LogP contribution in [0.15, 0.2) is 36.4 Å². The molecule has 2 rings (SSSR count). The molecule has 1 aromatic rings. The maximum absolute atomic E-state index is 11.8. The van der Waals surface area contributed by atoms with Gasteiger partial charge in [0.2, 0.25) is 0 Å². The molecule has 0 aromatic heterocycles. The predicted molar refractivity (Wildman–Crippen MR) is 72.2 cm³/mol. The topological polar surface area (TPSA) is 29.5 Å². The van der Waals surface area contributed by atoms with Crippen LogP contribution in [0.3, 0.4) is 0 Å². The van der Waals surface area contributed by atoms with Crippen LogP contribution in [-0.4, -0.2) is 43.5 Å². The summed E-state index contributed by atoms with van der Waals surface area (Å²) in [5.41, 5.74) is 0.664. The number of hydrogen-bond donors (Lipinski definition) is 0. The van der Waals surface area contributed by atoms with Crippen molar-refractivity contribution in [2.24, 2.45) is 0 Å². The molecule has 4 heteroatoms. The number of hydrogen-bond acceptors (Lipinski definition) is 3. The average Bonchev–Trinajstić information content (AvgIpc) is 2.40. The van der Waals surface area contributed by atoms with E-state index in [0.29, 0.717) is 10.6 Å². The minimum Gasteiger partial charge on any atom is -0.379 e. The summed E-state index contributed by atoms with van der Waals surface area (Å²) < 4.78 is 5.26. The van der Waals surface area contributed by atoms with Crippen LogP contribution < -0.4 is 0 Å². The highest BCUT2D eigenvalue weighted by Crippen LogP contribution is 2.10.